The van der Waals surface area contributed by atoms with E-state index < -0.39 is 24.6 Å². The maximum absolute atomic E-state index is 13.2. The lowest BCUT2D eigenvalue weighted by molar-refractivity contribution is -0.158. The van der Waals surface area contributed by atoms with E-state index >= 15 is 0 Å². The third kappa shape index (κ3) is 6.85. The monoisotopic (exact) mass is 522 g/mol. The van der Waals surface area contributed by atoms with Crippen LogP contribution >= 0.6 is 0 Å². The van der Waals surface area contributed by atoms with Gasteiger partial charge in [-0.15, -0.1) is 0 Å². The Morgan fingerprint density at radius 2 is 1.87 bits per heavy atom. The first kappa shape index (κ1) is 28.6. The van der Waals surface area contributed by atoms with Crippen molar-refractivity contribution in [3.8, 4) is 16.9 Å². The average Bonchev–Trinajstić information content (AvgIpc) is 3.78. The second-order valence-corrected chi connectivity index (χ2v) is 9.44. The van der Waals surface area contributed by atoms with Crippen molar-refractivity contribution >= 4 is 30.2 Å². The molecule has 38 heavy (non-hydrogen) atoms. The summed E-state index contributed by atoms with van der Waals surface area (Å²) in [6, 6.07) is 6.18. The predicted octanol–water partition coefficient (Wildman–Crippen LogP) is 4.69. The van der Waals surface area contributed by atoms with Crippen LogP contribution in [0.2, 0.25) is 0 Å². The van der Waals surface area contributed by atoms with E-state index in [-0.39, 0.29) is 34.4 Å². The third-order valence-electron chi connectivity index (χ3n) is 6.87. The fourth-order valence-electron chi connectivity index (χ4n) is 3.82. The Balaban J connectivity index is 1.94. The first-order chi connectivity index (χ1) is 18.2. The molecule has 9 heteroatoms. The standard InChI is InChI=1S/C29H34N2O7/c1-6-17(3)18(4)28(34)37-16-38-29(35)26-22(10-11-24(31-26)27(33)30-14-19-8-9-19)23-13-25(36-5)20(7-2)12-21(23)15-32/h7,10-13,15,17-19H,2,6,8-9,14,16H2,1,3-5H3,(H,30,33)/t17-,18-/m0/s1. The molecule has 0 saturated heterocycles. The summed E-state index contributed by atoms with van der Waals surface area (Å²) in [6.45, 7) is 9.31. The number of amides is 1. The van der Waals surface area contributed by atoms with Gasteiger partial charge in [0.05, 0.1) is 13.0 Å². The molecular weight excluding hydrogens is 488 g/mol. The van der Waals surface area contributed by atoms with E-state index in [9.17, 15) is 19.2 Å². The van der Waals surface area contributed by atoms with Gasteiger partial charge in [-0.25, -0.2) is 9.78 Å². The number of aldehydes is 1. The van der Waals surface area contributed by atoms with Crippen LogP contribution in [0.25, 0.3) is 17.2 Å². The topological polar surface area (TPSA) is 121 Å². The zero-order valence-electron chi connectivity index (χ0n) is 22.2. The molecule has 1 amide bonds. The van der Waals surface area contributed by atoms with Crippen molar-refractivity contribution in [3.05, 3.63) is 53.4 Å². The van der Waals surface area contributed by atoms with Crippen molar-refractivity contribution in [3.63, 3.8) is 0 Å². The third-order valence-corrected chi connectivity index (χ3v) is 6.87. The van der Waals surface area contributed by atoms with Gasteiger partial charge in [0.25, 0.3) is 5.91 Å². The Kier molecular flexibility index (Phi) is 9.76. The molecule has 0 bridgehead atoms. The number of methoxy groups -OCH3 is 1. The van der Waals surface area contributed by atoms with Crippen LogP contribution in [0.5, 0.6) is 5.75 Å². The smallest absolute Gasteiger partial charge is 0.360 e. The van der Waals surface area contributed by atoms with Gasteiger partial charge in [0.1, 0.15) is 11.4 Å². The van der Waals surface area contributed by atoms with E-state index in [2.05, 4.69) is 16.9 Å². The Bertz CT molecular complexity index is 1220. The molecule has 1 fully saturated rings. The Labute approximate surface area is 222 Å². The molecule has 0 radical (unpaired) electrons. The molecule has 9 nitrogen and oxygen atoms in total. The number of hydrogen-bond donors (Lipinski definition) is 1. The van der Waals surface area contributed by atoms with Gasteiger partial charge in [-0.2, -0.15) is 0 Å². The van der Waals surface area contributed by atoms with Gasteiger partial charge in [0.15, 0.2) is 12.0 Å². The number of aromatic nitrogens is 1. The zero-order chi connectivity index (χ0) is 27.8. The molecule has 3 rings (SSSR count). The molecule has 2 aromatic rings. The lowest BCUT2D eigenvalue weighted by atomic mass is 9.94. The highest BCUT2D eigenvalue weighted by Gasteiger charge is 2.26. The summed E-state index contributed by atoms with van der Waals surface area (Å²) in [6.07, 6.45) is 5.12. The fourth-order valence-corrected chi connectivity index (χ4v) is 3.82. The molecule has 202 valence electrons. The summed E-state index contributed by atoms with van der Waals surface area (Å²) in [5.41, 5.74) is 1.28. The Morgan fingerprint density at radius 1 is 1.13 bits per heavy atom. The number of nitrogens with one attached hydrogen (secondary N) is 1. The largest absolute Gasteiger partial charge is 0.496 e. The average molecular weight is 523 g/mol. The van der Waals surface area contributed by atoms with Gasteiger partial charge in [0.2, 0.25) is 6.79 Å². The number of carbonyl (C=O) groups is 4. The lowest BCUT2D eigenvalue weighted by Gasteiger charge is -2.17. The van der Waals surface area contributed by atoms with E-state index in [0.717, 1.165) is 19.3 Å². The highest BCUT2D eigenvalue weighted by molar-refractivity contribution is 6.01. The van der Waals surface area contributed by atoms with Gasteiger partial charge in [-0.05, 0) is 54.5 Å². The molecular formula is C29H34N2O7. The molecule has 1 N–H and O–H groups in total. The number of hydrogen-bond acceptors (Lipinski definition) is 8. The quantitative estimate of drug-likeness (QED) is 0.228. The molecule has 1 aromatic carbocycles. The summed E-state index contributed by atoms with van der Waals surface area (Å²) in [5, 5.41) is 2.82. The molecule has 1 heterocycles. The van der Waals surface area contributed by atoms with Crippen LogP contribution in [0.4, 0.5) is 0 Å². The first-order valence-electron chi connectivity index (χ1n) is 12.7. The number of rotatable bonds is 13. The normalized spacial score (nSPS) is 14.1. The van der Waals surface area contributed by atoms with Crippen LogP contribution < -0.4 is 10.1 Å². The van der Waals surface area contributed by atoms with Gasteiger partial charge >= 0.3 is 11.9 Å². The van der Waals surface area contributed by atoms with E-state index in [1.54, 1.807) is 25.1 Å². The van der Waals surface area contributed by atoms with Crippen LogP contribution in [-0.4, -0.2) is 49.6 Å². The van der Waals surface area contributed by atoms with Crippen molar-refractivity contribution < 1.29 is 33.4 Å². The molecule has 1 aromatic heterocycles. The summed E-state index contributed by atoms with van der Waals surface area (Å²) in [7, 11) is 1.47. The highest BCUT2D eigenvalue weighted by atomic mass is 16.7. The molecule has 0 unspecified atom stereocenters. The SMILES string of the molecule is C=Cc1cc(C=O)c(-c2ccc(C(=O)NCC3CC3)nc2C(=O)OCOC(=O)[C@@H](C)[C@@H](C)CC)cc1OC. The van der Waals surface area contributed by atoms with Gasteiger partial charge in [-0.1, -0.05) is 39.8 Å². The maximum Gasteiger partial charge on any atom is 0.360 e. The van der Waals surface area contributed by atoms with E-state index in [1.165, 1.54) is 19.2 Å². The number of benzene rings is 1. The van der Waals surface area contributed by atoms with Crippen LogP contribution in [0.15, 0.2) is 30.8 Å². The highest BCUT2D eigenvalue weighted by Crippen LogP contribution is 2.33. The number of nitrogens with zero attached hydrogens (tertiary/aromatic N) is 1. The molecule has 2 atom stereocenters. The van der Waals surface area contributed by atoms with Crippen molar-refractivity contribution in [2.45, 2.75) is 40.0 Å². The first-order valence-corrected chi connectivity index (χ1v) is 12.7. The van der Waals surface area contributed by atoms with Crippen molar-refractivity contribution in [1.82, 2.24) is 10.3 Å². The Morgan fingerprint density at radius 3 is 2.47 bits per heavy atom. The maximum atomic E-state index is 13.2. The Hall–Kier alpha value is -4.01. The zero-order valence-corrected chi connectivity index (χ0v) is 22.2. The lowest BCUT2D eigenvalue weighted by Crippen LogP contribution is -2.27. The fraction of sp³-hybridized carbons (Fsp3) is 0.414. The van der Waals surface area contributed by atoms with Gasteiger partial charge in [0, 0.05) is 23.2 Å². The minimum atomic E-state index is -0.913. The minimum Gasteiger partial charge on any atom is -0.496 e. The van der Waals surface area contributed by atoms with E-state index in [1.807, 2.05) is 13.8 Å². The summed E-state index contributed by atoms with van der Waals surface area (Å²) >= 11 is 0. The van der Waals surface area contributed by atoms with Crippen LogP contribution in [0.3, 0.4) is 0 Å². The van der Waals surface area contributed by atoms with Crippen molar-refractivity contribution in [2.24, 2.45) is 17.8 Å². The van der Waals surface area contributed by atoms with Crippen molar-refractivity contribution in [1.29, 1.82) is 0 Å². The summed E-state index contributed by atoms with van der Waals surface area (Å²) in [5.74, 6) is -1.20. The summed E-state index contributed by atoms with van der Waals surface area (Å²) < 4.78 is 15.8. The molecule has 0 aliphatic heterocycles. The number of pyridine rings is 1. The summed E-state index contributed by atoms with van der Waals surface area (Å²) in [4.78, 5) is 54.4. The molecule has 0 spiro atoms. The second-order valence-electron chi connectivity index (χ2n) is 9.44. The number of carbonyl (C=O) groups excluding carboxylic acids is 4. The van der Waals surface area contributed by atoms with Crippen LogP contribution in [-0.2, 0) is 14.3 Å². The van der Waals surface area contributed by atoms with Gasteiger partial charge in [-0.3, -0.25) is 14.4 Å². The predicted molar refractivity (Wildman–Crippen MR) is 142 cm³/mol. The van der Waals surface area contributed by atoms with Crippen LogP contribution in [0, 0.1) is 17.8 Å². The second kappa shape index (κ2) is 13.0. The molecule has 1 aliphatic rings. The van der Waals surface area contributed by atoms with E-state index in [4.69, 9.17) is 14.2 Å². The molecule has 1 aliphatic carbocycles. The molecule has 1 saturated carbocycles. The van der Waals surface area contributed by atoms with E-state index in [0.29, 0.717) is 35.6 Å². The van der Waals surface area contributed by atoms with Gasteiger partial charge < -0.3 is 19.5 Å². The number of esters is 2. The number of ether oxygens (including phenoxy) is 3. The van der Waals surface area contributed by atoms with Crippen LogP contribution in [0.1, 0.15) is 76.9 Å². The van der Waals surface area contributed by atoms with Crippen molar-refractivity contribution in [2.75, 3.05) is 20.4 Å². The minimum absolute atomic E-state index is 0.0195.